The zero-order valence-electron chi connectivity index (χ0n) is 14.2. The summed E-state index contributed by atoms with van der Waals surface area (Å²) in [4.78, 5) is 4.18. The van der Waals surface area contributed by atoms with Gasteiger partial charge >= 0.3 is 0 Å². The van der Waals surface area contributed by atoms with Crippen LogP contribution in [-0.2, 0) is 19.4 Å². The quantitative estimate of drug-likeness (QED) is 0.533. The van der Waals surface area contributed by atoms with Crippen molar-refractivity contribution in [1.29, 1.82) is 0 Å². The summed E-state index contributed by atoms with van der Waals surface area (Å²) < 4.78 is 2.22. The third-order valence-electron chi connectivity index (χ3n) is 4.63. The van der Waals surface area contributed by atoms with Gasteiger partial charge in [0.15, 0.2) is 0 Å². The maximum absolute atomic E-state index is 4.18. The number of hydrogen-bond donors (Lipinski definition) is 0. The Hall–Kier alpha value is -2.35. The van der Waals surface area contributed by atoms with Crippen LogP contribution in [0, 0.1) is 5.92 Å². The van der Waals surface area contributed by atoms with E-state index in [1.54, 1.807) is 0 Å². The molecule has 0 N–H and O–H groups in total. The smallest absolute Gasteiger partial charge is 0.0945 e. The summed E-state index contributed by atoms with van der Waals surface area (Å²) in [5.74, 6) is 0.697. The van der Waals surface area contributed by atoms with Crippen LogP contribution in [0.25, 0.3) is 0 Å². The van der Waals surface area contributed by atoms with E-state index in [9.17, 15) is 0 Å². The van der Waals surface area contributed by atoms with E-state index in [0.717, 1.165) is 13.0 Å². The average molecular weight is 318 g/mol. The molecule has 0 aliphatic carbocycles. The van der Waals surface area contributed by atoms with Crippen molar-refractivity contribution in [3.8, 4) is 0 Å². The minimum atomic E-state index is 0.697. The topological polar surface area (TPSA) is 17.8 Å². The van der Waals surface area contributed by atoms with Gasteiger partial charge < -0.3 is 4.57 Å². The minimum Gasteiger partial charge on any atom is -0.337 e. The molecule has 0 saturated heterocycles. The second-order valence-corrected chi connectivity index (χ2v) is 6.53. The molecule has 0 fully saturated rings. The van der Waals surface area contributed by atoms with Crippen LogP contribution in [0.2, 0.25) is 0 Å². The lowest BCUT2D eigenvalue weighted by Crippen LogP contribution is -2.11. The first-order chi connectivity index (χ1) is 11.9. The zero-order chi connectivity index (χ0) is 16.5. The fourth-order valence-corrected chi connectivity index (χ4v) is 3.27. The fraction of sp³-hybridized carbons (Fsp3) is 0.318. The number of rotatable bonds is 9. The molecule has 0 saturated carbocycles. The van der Waals surface area contributed by atoms with Crippen LogP contribution < -0.4 is 0 Å². The number of imidazole rings is 1. The van der Waals surface area contributed by atoms with E-state index in [4.69, 9.17) is 0 Å². The molecule has 0 aliphatic rings. The lowest BCUT2D eigenvalue weighted by molar-refractivity contribution is 0.379. The van der Waals surface area contributed by atoms with Crippen molar-refractivity contribution in [2.75, 3.05) is 0 Å². The summed E-state index contributed by atoms with van der Waals surface area (Å²) in [5.41, 5.74) is 2.89. The molecule has 0 radical (unpaired) electrons. The molecule has 1 unspecified atom stereocenters. The van der Waals surface area contributed by atoms with E-state index in [-0.39, 0.29) is 0 Å². The van der Waals surface area contributed by atoms with Gasteiger partial charge in [-0.05, 0) is 49.1 Å². The van der Waals surface area contributed by atoms with E-state index in [0.29, 0.717) is 5.92 Å². The molecule has 2 nitrogen and oxygen atoms in total. The number of aryl methyl sites for hydroxylation is 2. The number of hydrogen-bond acceptors (Lipinski definition) is 1. The zero-order valence-corrected chi connectivity index (χ0v) is 14.2. The largest absolute Gasteiger partial charge is 0.337 e. The molecule has 1 atom stereocenters. The van der Waals surface area contributed by atoms with Crippen molar-refractivity contribution in [2.45, 2.75) is 38.6 Å². The van der Waals surface area contributed by atoms with Gasteiger partial charge in [0.2, 0.25) is 0 Å². The van der Waals surface area contributed by atoms with Crippen LogP contribution in [0.3, 0.4) is 0 Å². The molecule has 3 aromatic rings. The molecule has 1 aromatic heterocycles. The lowest BCUT2D eigenvalue weighted by atomic mass is 9.93. The Balaban J connectivity index is 1.52. The summed E-state index contributed by atoms with van der Waals surface area (Å²) in [6.45, 7) is 1.07. The molecule has 0 bridgehead atoms. The molecular formula is C22H26N2. The van der Waals surface area contributed by atoms with Crippen LogP contribution in [0.5, 0.6) is 0 Å². The van der Waals surface area contributed by atoms with Crippen LogP contribution in [0.1, 0.15) is 30.4 Å². The predicted molar refractivity (Wildman–Crippen MR) is 99.9 cm³/mol. The summed E-state index contributed by atoms with van der Waals surface area (Å²) in [7, 11) is 0. The van der Waals surface area contributed by atoms with Crippen molar-refractivity contribution in [1.82, 2.24) is 9.55 Å². The van der Waals surface area contributed by atoms with Crippen molar-refractivity contribution < 1.29 is 0 Å². The molecule has 2 aromatic carbocycles. The Morgan fingerprint density at radius 2 is 1.46 bits per heavy atom. The molecule has 1 heterocycles. The van der Waals surface area contributed by atoms with Gasteiger partial charge in [0.05, 0.1) is 6.33 Å². The first-order valence-corrected chi connectivity index (χ1v) is 8.94. The number of nitrogens with zero attached hydrogens (tertiary/aromatic N) is 2. The second kappa shape index (κ2) is 9.07. The Bertz CT molecular complexity index is 675. The summed E-state index contributed by atoms with van der Waals surface area (Å²) >= 11 is 0. The third kappa shape index (κ3) is 5.38. The predicted octanol–water partition coefficient (Wildman–Crippen LogP) is 5.16. The van der Waals surface area contributed by atoms with Crippen molar-refractivity contribution in [3.05, 3.63) is 90.5 Å². The molecule has 3 rings (SSSR count). The van der Waals surface area contributed by atoms with Gasteiger partial charge in [0.1, 0.15) is 0 Å². The van der Waals surface area contributed by atoms with Gasteiger partial charge in [-0.15, -0.1) is 0 Å². The van der Waals surface area contributed by atoms with E-state index in [1.807, 2.05) is 12.5 Å². The minimum absolute atomic E-state index is 0.697. The van der Waals surface area contributed by atoms with Crippen LogP contribution >= 0.6 is 0 Å². The van der Waals surface area contributed by atoms with Crippen molar-refractivity contribution >= 4 is 0 Å². The van der Waals surface area contributed by atoms with Gasteiger partial charge in [-0.2, -0.15) is 0 Å². The van der Waals surface area contributed by atoms with Crippen LogP contribution in [0.4, 0.5) is 0 Å². The molecular weight excluding hydrogens is 292 g/mol. The standard InChI is InChI=1S/C22H26N2/c1-3-8-20(9-4-1)12-7-13-22(18-24-17-16-23-19-24)15-14-21-10-5-2-6-11-21/h1-6,8-11,16-17,19,22H,7,12-15,18H2. The Kier molecular flexibility index (Phi) is 6.24. The maximum atomic E-state index is 4.18. The van der Waals surface area contributed by atoms with Gasteiger partial charge in [0.25, 0.3) is 0 Å². The van der Waals surface area contributed by atoms with Crippen molar-refractivity contribution in [3.63, 3.8) is 0 Å². The first-order valence-electron chi connectivity index (χ1n) is 8.94. The van der Waals surface area contributed by atoms with Crippen LogP contribution in [-0.4, -0.2) is 9.55 Å². The lowest BCUT2D eigenvalue weighted by Gasteiger charge is -2.17. The summed E-state index contributed by atoms with van der Waals surface area (Å²) in [6.07, 6.45) is 12.0. The van der Waals surface area contributed by atoms with Gasteiger partial charge in [-0.3, -0.25) is 0 Å². The fourth-order valence-electron chi connectivity index (χ4n) is 3.27. The van der Waals surface area contributed by atoms with E-state index in [2.05, 4.69) is 76.4 Å². The number of aromatic nitrogens is 2. The highest BCUT2D eigenvalue weighted by atomic mass is 15.0. The van der Waals surface area contributed by atoms with Crippen molar-refractivity contribution in [2.24, 2.45) is 5.92 Å². The third-order valence-corrected chi connectivity index (χ3v) is 4.63. The Morgan fingerprint density at radius 3 is 2.08 bits per heavy atom. The Labute approximate surface area is 145 Å². The molecule has 0 amide bonds. The normalized spacial score (nSPS) is 12.2. The highest BCUT2D eigenvalue weighted by Crippen LogP contribution is 2.19. The van der Waals surface area contributed by atoms with Gasteiger partial charge in [-0.1, -0.05) is 60.7 Å². The highest BCUT2D eigenvalue weighted by Gasteiger charge is 2.10. The summed E-state index contributed by atoms with van der Waals surface area (Å²) in [6, 6.07) is 21.6. The van der Waals surface area contributed by atoms with E-state index < -0.39 is 0 Å². The van der Waals surface area contributed by atoms with Gasteiger partial charge in [-0.25, -0.2) is 4.98 Å². The van der Waals surface area contributed by atoms with E-state index in [1.165, 1.54) is 36.8 Å². The molecule has 0 aliphatic heterocycles. The average Bonchev–Trinajstić information content (AvgIpc) is 3.14. The monoisotopic (exact) mass is 318 g/mol. The van der Waals surface area contributed by atoms with E-state index >= 15 is 0 Å². The molecule has 124 valence electrons. The maximum Gasteiger partial charge on any atom is 0.0945 e. The molecule has 2 heteroatoms. The molecule has 24 heavy (non-hydrogen) atoms. The molecule has 0 spiro atoms. The summed E-state index contributed by atoms with van der Waals surface area (Å²) in [5, 5.41) is 0. The first kappa shape index (κ1) is 16.5. The SMILES string of the molecule is c1ccc(CCCC(CCc2ccccc2)Cn2ccnc2)cc1. The second-order valence-electron chi connectivity index (χ2n) is 6.53. The highest BCUT2D eigenvalue weighted by molar-refractivity contribution is 5.15. The number of benzene rings is 2. The van der Waals surface area contributed by atoms with Gasteiger partial charge in [0, 0.05) is 18.9 Å². The Morgan fingerprint density at radius 1 is 0.792 bits per heavy atom. The van der Waals surface area contributed by atoms with Crippen LogP contribution in [0.15, 0.2) is 79.4 Å².